The molecule has 0 radical (unpaired) electrons. The number of unbranched alkanes of at least 4 members (excludes halogenated alkanes) is 3. The van der Waals surface area contributed by atoms with Gasteiger partial charge in [-0.25, -0.2) is 0 Å². The van der Waals surface area contributed by atoms with Gasteiger partial charge < -0.3 is 48.6 Å². The summed E-state index contributed by atoms with van der Waals surface area (Å²) in [7, 11) is 7.97. The quantitative estimate of drug-likeness (QED) is 0.102. The number of hydrogen-bond acceptors (Lipinski definition) is 11. The van der Waals surface area contributed by atoms with Crippen LogP contribution in [0.1, 0.15) is 71.4 Å². The van der Waals surface area contributed by atoms with Crippen molar-refractivity contribution in [2.75, 3.05) is 54.1 Å². The van der Waals surface area contributed by atoms with E-state index in [9.17, 15) is 4.79 Å². The molecule has 0 saturated heterocycles. The highest BCUT2D eigenvalue weighted by Crippen LogP contribution is 2.41. The second kappa shape index (κ2) is 17.4. The molecule has 280 valence electrons. The van der Waals surface area contributed by atoms with Crippen LogP contribution in [0, 0.1) is 0 Å². The van der Waals surface area contributed by atoms with Gasteiger partial charge in [0.1, 0.15) is 6.17 Å². The Morgan fingerprint density at radius 2 is 1.32 bits per heavy atom. The number of amides is 1. The first-order valence-corrected chi connectivity index (χ1v) is 17.7. The van der Waals surface area contributed by atoms with Gasteiger partial charge in [0.25, 0.3) is 5.91 Å². The molecule has 53 heavy (non-hydrogen) atoms. The number of carbonyl (C=O) groups excluding carboxylic acids is 1. The summed E-state index contributed by atoms with van der Waals surface area (Å²) in [6.07, 6.45) is 3.55. The summed E-state index contributed by atoms with van der Waals surface area (Å²) in [5.41, 5.74) is 4.61. The molecule has 12 nitrogen and oxygen atoms in total. The Kier molecular flexibility index (Phi) is 12.2. The second-order valence-corrected chi connectivity index (χ2v) is 12.9. The number of ether oxygens (including phenoxy) is 7. The lowest BCUT2D eigenvalue weighted by Gasteiger charge is -2.28. The van der Waals surface area contributed by atoms with Crippen LogP contribution in [0.3, 0.4) is 0 Å². The van der Waals surface area contributed by atoms with Crippen LogP contribution in [-0.4, -0.2) is 60.4 Å². The third-order valence-corrected chi connectivity index (χ3v) is 9.34. The number of oxime groups is 1. The van der Waals surface area contributed by atoms with Gasteiger partial charge in [-0.05, 0) is 91.4 Å². The zero-order valence-electron chi connectivity index (χ0n) is 30.5. The predicted octanol–water partition coefficient (Wildman–Crippen LogP) is 8.12. The van der Waals surface area contributed by atoms with Crippen molar-refractivity contribution in [3.8, 4) is 40.2 Å². The Morgan fingerprint density at radius 1 is 0.679 bits per heavy atom. The highest BCUT2D eigenvalue weighted by atomic mass is 35.5. The van der Waals surface area contributed by atoms with Crippen LogP contribution >= 0.6 is 11.6 Å². The monoisotopic (exact) mass is 745 g/mol. The van der Waals surface area contributed by atoms with E-state index < -0.39 is 6.17 Å². The molecule has 2 aliphatic heterocycles. The molecule has 4 aromatic carbocycles. The van der Waals surface area contributed by atoms with Crippen LogP contribution in [0.2, 0.25) is 5.02 Å². The lowest BCUT2D eigenvalue weighted by molar-refractivity contribution is 0.0854. The van der Waals surface area contributed by atoms with Crippen LogP contribution < -0.4 is 43.8 Å². The molecule has 2 atom stereocenters. The van der Waals surface area contributed by atoms with Gasteiger partial charge in [-0.15, -0.1) is 0 Å². The van der Waals surface area contributed by atoms with Crippen LogP contribution in [0.15, 0.2) is 71.9 Å². The number of nitrogens with zero attached hydrogens (tertiary/aromatic N) is 1. The Morgan fingerprint density at radius 3 is 2.00 bits per heavy atom. The van der Waals surface area contributed by atoms with Gasteiger partial charge in [-0.1, -0.05) is 28.9 Å². The Bertz CT molecular complexity index is 1930. The first kappa shape index (κ1) is 37.3. The van der Waals surface area contributed by atoms with E-state index in [1.54, 1.807) is 53.7 Å². The summed E-state index contributed by atoms with van der Waals surface area (Å²) in [6, 6.07) is 20.4. The number of rotatable bonds is 17. The van der Waals surface area contributed by atoms with E-state index in [0.29, 0.717) is 70.5 Å². The summed E-state index contributed by atoms with van der Waals surface area (Å²) in [4.78, 5) is 18.5. The maximum absolute atomic E-state index is 12.7. The minimum atomic E-state index is -0.415. The second-order valence-electron chi connectivity index (χ2n) is 12.4. The highest BCUT2D eigenvalue weighted by Gasteiger charge is 2.28. The fourth-order valence-electron chi connectivity index (χ4n) is 6.28. The largest absolute Gasteiger partial charge is 0.493 e. The molecule has 13 heteroatoms. The van der Waals surface area contributed by atoms with E-state index in [0.717, 1.165) is 53.8 Å². The fourth-order valence-corrected chi connectivity index (χ4v) is 6.46. The SMILES string of the molecule is COc1cc(C2NC(=O)c3cc(Cl)ccc3N2)ccc1OCCCCCCOc1cc(C2CC(c3cc(OC)c(OC)c(OC)c3)=NO2)ccc1OC. The number of halogens is 1. The molecule has 0 bridgehead atoms. The van der Waals surface area contributed by atoms with Gasteiger partial charge in [-0.2, -0.15) is 0 Å². The molecule has 6 rings (SSSR count). The van der Waals surface area contributed by atoms with Crippen LogP contribution in [0.4, 0.5) is 5.69 Å². The van der Waals surface area contributed by atoms with Crippen molar-refractivity contribution in [2.45, 2.75) is 44.4 Å². The third kappa shape index (κ3) is 8.60. The summed E-state index contributed by atoms with van der Waals surface area (Å²) in [5.74, 6) is 3.98. The van der Waals surface area contributed by atoms with E-state index in [1.807, 2.05) is 48.5 Å². The van der Waals surface area contributed by atoms with Crippen LogP contribution in [0.25, 0.3) is 0 Å². The number of methoxy groups -OCH3 is 5. The van der Waals surface area contributed by atoms with Crippen molar-refractivity contribution in [3.63, 3.8) is 0 Å². The molecule has 0 fully saturated rings. The zero-order chi connectivity index (χ0) is 37.3. The lowest BCUT2D eigenvalue weighted by atomic mass is 9.99. The van der Waals surface area contributed by atoms with Gasteiger partial charge in [0.15, 0.2) is 40.6 Å². The highest BCUT2D eigenvalue weighted by molar-refractivity contribution is 6.31. The molecule has 2 heterocycles. The van der Waals surface area contributed by atoms with Gasteiger partial charge in [0.2, 0.25) is 5.75 Å². The first-order chi connectivity index (χ1) is 25.8. The molecule has 0 spiro atoms. The standard InChI is InChI=1S/C40H44ClN3O9/c1-46-31-14-10-24(33-23-30(44-53-33)26-20-36(48-3)38(50-5)37(21-26)49-4)18-35(31)52-17-9-7-6-8-16-51-32-15-11-25(19-34(32)47-2)39-42-29-13-12-27(41)22-28(29)40(45)43-39/h10-15,18-22,33,39,42H,6-9,16-17,23H2,1-5H3,(H,43,45). The average molecular weight is 746 g/mol. The van der Waals surface area contributed by atoms with E-state index in [1.165, 1.54) is 0 Å². The van der Waals surface area contributed by atoms with Crippen molar-refractivity contribution in [2.24, 2.45) is 5.16 Å². The van der Waals surface area contributed by atoms with Crippen LogP contribution in [-0.2, 0) is 4.84 Å². The number of nitrogens with one attached hydrogen (secondary N) is 2. The maximum Gasteiger partial charge on any atom is 0.255 e. The van der Waals surface area contributed by atoms with E-state index in [4.69, 9.17) is 49.6 Å². The van der Waals surface area contributed by atoms with Gasteiger partial charge in [0, 0.05) is 22.7 Å². The number of hydrogen-bond donors (Lipinski definition) is 2. The summed E-state index contributed by atoms with van der Waals surface area (Å²) in [6.45, 7) is 1.08. The predicted molar refractivity (Wildman–Crippen MR) is 202 cm³/mol. The smallest absolute Gasteiger partial charge is 0.255 e. The van der Waals surface area contributed by atoms with Crippen molar-refractivity contribution in [3.05, 3.63) is 94.0 Å². The van der Waals surface area contributed by atoms with E-state index in [-0.39, 0.29) is 12.0 Å². The van der Waals surface area contributed by atoms with Crippen LogP contribution in [0.5, 0.6) is 40.2 Å². The molecule has 2 N–H and O–H groups in total. The van der Waals surface area contributed by atoms with Crippen molar-refractivity contribution in [1.29, 1.82) is 0 Å². The van der Waals surface area contributed by atoms with E-state index >= 15 is 0 Å². The van der Waals surface area contributed by atoms with E-state index in [2.05, 4.69) is 15.8 Å². The lowest BCUT2D eigenvalue weighted by Crippen LogP contribution is -2.38. The molecular weight excluding hydrogens is 702 g/mol. The van der Waals surface area contributed by atoms with Gasteiger partial charge in [-0.3, -0.25) is 4.79 Å². The van der Waals surface area contributed by atoms with Gasteiger partial charge in [0.05, 0.1) is 60.0 Å². The number of benzene rings is 4. The average Bonchev–Trinajstić information content (AvgIpc) is 3.69. The Labute approximate surface area is 314 Å². The zero-order valence-corrected chi connectivity index (χ0v) is 31.2. The molecule has 0 saturated carbocycles. The molecule has 1 amide bonds. The van der Waals surface area contributed by atoms with Gasteiger partial charge >= 0.3 is 0 Å². The minimum Gasteiger partial charge on any atom is -0.493 e. The Hall–Kier alpha value is -5.49. The Balaban J connectivity index is 0.949. The molecule has 2 unspecified atom stereocenters. The number of anilines is 1. The maximum atomic E-state index is 12.7. The third-order valence-electron chi connectivity index (χ3n) is 9.10. The minimum absolute atomic E-state index is 0.194. The molecule has 0 aliphatic carbocycles. The molecule has 2 aliphatic rings. The summed E-state index contributed by atoms with van der Waals surface area (Å²) in [5, 5.41) is 11.2. The molecule has 0 aromatic heterocycles. The fraction of sp³-hybridized carbons (Fsp3) is 0.350. The number of fused-ring (bicyclic) bond motifs is 1. The van der Waals surface area contributed by atoms with Crippen molar-refractivity contribution in [1.82, 2.24) is 5.32 Å². The first-order valence-electron chi connectivity index (χ1n) is 17.4. The van der Waals surface area contributed by atoms with Crippen molar-refractivity contribution >= 4 is 28.9 Å². The van der Waals surface area contributed by atoms with Crippen molar-refractivity contribution < 1.29 is 42.8 Å². The molecule has 4 aromatic rings. The normalized spacial score (nSPS) is 16.0. The molecular formula is C40H44ClN3O9. The summed E-state index contributed by atoms with van der Waals surface area (Å²) >= 11 is 6.07. The summed E-state index contributed by atoms with van der Waals surface area (Å²) < 4.78 is 39.9. The topological polar surface area (TPSA) is 127 Å². The number of carbonyl (C=O) groups is 1.